The quantitative estimate of drug-likeness (QED) is 0.658. The molecule has 2 aromatic carbocycles. The van der Waals surface area contributed by atoms with Crippen LogP contribution in [0.1, 0.15) is 42.3 Å². The Morgan fingerprint density at radius 1 is 1.10 bits per heavy atom. The summed E-state index contributed by atoms with van der Waals surface area (Å²) < 4.78 is 10.8. The van der Waals surface area contributed by atoms with E-state index in [2.05, 4.69) is 5.32 Å². The summed E-state index contributed by atoms with van der Waals surface area (Å²) in [5.74, 6) is -0.799. The van der Waals surface area contributed by atoms with Crippen LogP contribution in [0.3, 0.4) is 0 Å². The van der Waals surface area contributed by atoms with Crippen LogP contribution in [-0.2, 0) is 22.6 Å². The van der Waals surface area contributed by atoms with E-state index in [1.807, 2.05) is 30.3 Å². The highest BCUT2D eigenvalue weighted by Crippen LogP contribution is 2.21. The number of nitrogens with one attached hydrogen (secondary N) is 1. The Balaban J connectivity index is 2.07. The van der Waals surface area contributed by atoms with Crippen molar-refractivity contribution in [1.82, 2.24) is 5.32 Å². The van der Waals surface area contributed by atoms with E-state index in [-0.39, 0.29) is 6.42 Å². The molecule has 1 amide bonds. The maximum absolute atomic E-state index is 11.9. The van der Waals surface area contributed by atoms with Gasteiger partial charge < -0.3 is 19.9 Å². The van der Waals surface area contributed by atoms with Gasteiger partial charge in [-0.2, -0.15) is 0 Å². The fourth-order valence-corrected chi connectivity index (χ4v) is 2.57. The van der Waals surface area contributed by atoms with Gasteiger partial charge in [-0.1, -0.05) is 36.4 Å². The molecule has 0 bridgehead atoms. The van der Waals surface area contributed by atoms with Crippen LogP contribution in [0.4, 0.5) is 4.79 Å². The van der Waals surface area contributed by atoms with Gasteiger partial charge in [-0.15, -0.1) is 0 Å². The van der Waals surface area contributed by atoms with Crippen LogP contribution in [0, 0.1) is 0 Å². The Morgan fingerprint density at radius 2 is 1.79 bits per heavy atom. The number of carbonyl (C=O) groups is 3. The average Bonchev–Trinajstić information content (AvgIpc) is 2.65. The molecule has 1 atom stereocenters. The van der Waals surface area contributed by atoms with Gasteiger partial charge in [-0.05, 0) is 44.0 Å². The molecule has 0 unspecified atom stereocenters. The zero-order valence-electron chi connectivity index (χ0n) is 16.7. The summed E-state index contributed by atoms with van der Waals surface area (Å²) in [6, 6.07) is 13.2. The van der Waals surface area contributed by atoms with Gasteiger partial charge >= 0.3 is 12.1 Å². The van der Waals surface area contributed by atoms with Crippen LogP contribution in [0.5, 0.6) is 5.75 Å². The lowest BCUT2D eigenvalue weighted by Crippen LogP contribution is -2.44. The molecule has 0 fully saturated rings. The molecular weight excluding hydrogens is 374 g/mol. The van der Waals surface area contributed by atoms with E-state index in [1.165, 1.54) is 0 Å². The highest BCUT2D eigenvalue weighted by atomic mass is 16.6. The molecular formula is C22H25NO6. The van der Waals surface area contributed by atoms with E-state index in [0.717, 1.165) is 5.56 Å². The SMILES string of the molecule is CC(C)(C)OC(=O)N[C@@H](Cc1ccc(OCc2ccccc2)c(C=O)c1)C(=O)O. The van der Waals surface area contributed by atoms with Crippen molar-refractivity contribution in [2.45, 2.75) is 45.4 Å². The first-order valence-electron chi connectivity index (χ1n) is 9.15. The standard InChI is InChI=1S/C22H25NO6/c1-22(2,3)29-21(27)23-18(20(25)26)12-16-9-10-19(17(11-16)13-24)28-14-15-7-5-4-6-8-15/h4-11,13,18H,12,14H2,1-3H3,(H,23,27)(H,25,26)/t18-/m0/s1. The number of alkyl carbamates (subject to hydrolysis) is 1. The summed E-state index contributed by atoms with van der Waals surface area (Å²) >= 11 is 0. The summed E-state index contributed by atoms with van der Waals surface area (Å²) in [5.41, 5.74) is 1.10. The number of amides is 1. The van der Waals surface area contributed by atoms with E-state index < -0.39 is 23.7 Å². The largest absolute Gasteiger partial charge is 0.488 e. The molecule has 2 rings (SSSR count). The van der Waals surface area contributed by atoms with Crippen molar-refractivity contribution in [3.63, 3.8) is 0 Å². The highest BCUT2D eigenvalue weighted by molar-refractivity contribution is 5.81. The molecule has 0 saturated carbocycles. The van der Waals surface area contributed by atoms with Crippen molar-refractivity contribution in [1.29, 1.82) is 0 Å². The van der Waals surface area contributed by atoms with E-state index in [0.29, 0.717) is 29.8 Å². The zero-order valence-corrected chi connectivity index (χ0v) is 16.7. The molecule has 0 radical (unpaired) electrons. The van der Waals surface area contributed by atoms with Crippen LogP contribution >= 0.6 is 0 Å². The number of hydrogen-bond donors (Lipinski definition) is 2. The molecule has 2 aromatic rings. The number of carbonyl (C=O) groups excluding carboxylic acids is 2. The second-order valence-electron chi connectivity index (χ2n) is 7.51. The number of rotatable bonds is 8. The van der Waals surface area contributed by atoms with Crippen molar-refractivity contribution >= 4 is 18.3 Å². The molecule has 0 spiro atoms. The molecule has 0 saturated heterocycles. The average molecular weight is 399 g/mol. The Hall–Kier alpha value is -3.35. The van der Waals surface area contributed by atoms with Crippen LogP contribution in [-0.4, -0.2) is 35.1 Å². The van der Waals surface area contributed by atoms with Crippen molar-refractivity contribution in [3.05, 3.63) is 65.2 Å². The van der Waals surface area contributed by atoms with E-state index >= 15 is 0 Å². The van der Waals surface area contributed by atoms with Crippen LogP contribution in [0.15, 0.2) is 48.5 Å². The predicted octanol–water partition coefficient (Wildman–Crippen LogP) is 3.60. The zero-order chi connectivity index (χ0) is 21.4. The third kappa shape index (κ3) is 7.29. The molecule has 0 aliphatic carbocycles. The van der Waals surface area contributed by atoms with Gasteiger partial charge in [0, 0.05) is 6.42 Å². The first-order valence-corrected chi connectivity index (χ1v) is 9.15. The lowest BCUT2D eigenvalue weighted by Gasteiger charge is -2.22. The van der Waals surface area contributed by atoms with Gasteiger partial charge in [-0.3, -0.25) is 4.79 Å². The van der Waals surface area contributed by atoms with Gasteiger partial charge in [-0.25, -0.2) is 9.59 Å². The highest BCUT2D eigenvalue weighted by Gasteiger charge is 2.24. The molecule has 0 aliphatic rings. The first kappa shape index (κ1) is 21.9. The Labute approximate surface area is 169 Å². The first-order chi connectivity index (χ1) is 13.7. The number of ether oxygens (including phenoxy) is 2. The molecule has 0 aliphatic heterocycles. The van der Waals surface area contributed by atoms with Crippen LogP contribution in [0.25, 0.3) is 0 Å². The van der Waals surface area contributed by atoms with Gasteiger partial charge in [0.25, 0.3) is 0 Å². The minimum atomic E-state index is -1.20. The third-order valence-electron chi connectivity index (χ3n) is 3.87. The maximum Gasteiger partial charge on any atom is 0.408 e. The minimum absolute atomic E-state index is 0.00557. The normalized spacial score (nSPS) is 12.0. The van der Waals surface area contributed by atoms with E-state index in [4.69, 9.17) is 9.47 Å². The number of aldehydes is 1. The predicted molar refractivity (Wildman–Crippen MR) is 107 cm³/mol. The monoisotopic (exact) mass is 399 g/mol. The fraction of sp³-hybridized carbons (Fsp3) is 0.318. The smallest absolute Gasteiger partial charge is 0.408 e. The van der Waals surface area contributed by atoms with Crippen molar-refractivity contribution in [2.75, 3.05) is 0 Å². The number of carboxylic acid groups (broad SMARTS) is 1. The molecule has 7 nitrogen and oxygen atoms in total. The molecule has 29 heavy (non-hydrogen) atoms. The maximum atomic E-state index is 11.9. The number of aliphatic carboxylic acids is 1. The topological polar surface area (TPSA) is 102 Å². The molecule has 0 aromatic heterocycles. The van der Waals surface area contributed by atoms with Gasteiger partial charge in [0.15, 0.2) is 6.29 Å². The van der Waals surface area contributed by atoms with Crippen molar-refractivity contribution < 1.29 is 29.0 Å². The fourth-order valence-electron chi connectivity index (χ4n) is 2.57. The van der Waals surface area contributed by atoms with Gasteiger partial charge in [0.05, 0.1) is 5.56 Å². The number of hydrogen-bond acceptors (Lipinski definition) is 5. The minimum Gasteiger partial charge on any atom is -0.488 e. The van der Waals surface area contributed by atoms with Crippen molar-refractivity contribution in [2.24, 2.45) is 0 Å². The van der Waals surface area contributed by atoms with Crippen LogP contribution < -0.4 is 10.1 Å². The molecule has 154 valence electrons. The summed E-state index contributed by atoms with van der Waals surface area (Å²) in [5, 5.41) is 11.7. The van der Waals surface area contributed by atoms with Gasteiger partial charge in [0.2, 0.25) is 0 Å². The summed E-state index contributed by atoms with van der Waals surface area (Å²) in [7, 11) is 0. The van der Waals surface area contributed by atoms with Crippen molar-refractivity contribution in [3.8, 4) is 5.75 Å². The van der Waals surface area contributed by atoms with E-state index in [9.17, 15) is 19.5 Å². The Kier molecular flexibility index (Phi) is 7.36. The Bertz CT molecular complexity index is 857. The lowest BCUT2D eigenvalue weighted by molar-refractivity contribution is -0.139. The third-order valence-corrected chi connectivity index (χ3v) is 3.87. The summed E-state index contributed by atoms with van der Waals surface area (Å²) in [6.45, 7) is 5.37. The lowest BCUT2D eigenvalue weighted by atomic mass is 10.0. The summed E-state index contributed by atoms with van der Waals surface area (Å²) in [4.78, 5) is 34.9. The van der Waals surface area contributed by atoms with Crippen LogP contribution in [0.2, 0.25) is 0 Å². The molecule has 2 N–H and O–H groups in total. The second-order valence-corrected chi connectivity index (χ2v) is 7.51. The Morgan fingerprint density at radius 3 is 2.38 bits per heavy atom. The number of benzene rings is 2. The molecule has 0 heterocycles. The number of carboxylic acids is 1. The molecule has 7 heteroatoms. The second kappa shape index (κ2) is 9.73. The van der Waals surface area contributed by atoms with E-state index in [1.54, 1.807) is 39.0 Å². The van der Waals surface area contributed by atoms with Gasteiger partial charge in [0.1, 0.15) is 24.0 Å². The summed E-state index contributed by atoms with van der Waals surface area (Å²) in [6.07, 6.45) is -0.168.